The van der Waals surface area contributed by atoms with Crippen molar-refractivity contribution in [3.63, 3.8) is 0 Å². The van der Waals surface area contributed by atoms with Gasteiger partial charge in [0.15, 0.2) is 0 Å². The predicted molar refractivity (Wildman–Crippen MR) is 82.7 cm³/mol. The zero-order valence-corrected chi connectivity index (χ0v) is 16.0. The number of carbonyl (C=O) groups is 2. The van der Waals surface area contributed by atoms with E-state index in [4.69, 9.17) is 6.15 Å². The molecule has 1 aliphatic carbocycles. The van der Waals surface area contributed by atoms with Crippen LogP contribution in [0.1, 0.15) is 52.4 Å². The van der Waals surface area contributed by atoms with E-state index in [0.717, 1.165) is 41.0 Å². The van der Waals surface area contributed by atoms with Gasteiger partial charge < -0.3 is 0 Å². The Morgan fingerprint density at radius 1 is 1.10 bits per heavy atom. The molecule has 21 heavy (non-hydrogen) atoms. The molecule has 118 valence electrons. The fourth-order valence-electron chi connectivity index (χ4n) is 3.09. The third-order valence-electron chi connectivity index (χ3n) is 4.39. The van der Waals surface area contributed by atoms with Crippen molar-refractivity contribution >= 4 is 31.1 Å². The van der Waals surface area contributed by atoms with Crippen molar-refractivity contribution in [2.24, 2.45) is 11.8 Å². The Kier molecular flexibility index (Phi) is 6.14. The van der Waals surface area contributed by atoms with Crippen molar-refractivity contribution in [2.75, 3.05) is 0 Å². The van der Waals surface area contributed by atoms with E-state index in [0.29, 0.717) is 6.42 Å². The number of hydrogen-bond donors (Lipinski definition) is 0. The molecule has 4 nitrogen and oxygen atoms in total. The van der Waals surface area contributed by atoms with Crippen LogP contribution < -0.4 is 0 Å². The van der Waals surface area contributed by atoms with Crippen molar-refractivity contribution in [1.29, 1.82) is 0 Å². The first-order valence-electron chi connectivity index (χ1n) is 8.24. The number of rotatable bonds is 6. The summed E-state index contributed by atoms with van der Waals surface area (Å²) in [4.78, 5) is 25.0. The van der Waals surface area contributed by atoms with Crippen molar-refractivity contribution in [3.8, 4) is 0 Å². The molecule has 0 bridgehead atoms. The second kappa shape index (κ2) is 7.65. The first kappa shape index (κ1) is 16.8. The second-order valence-electron chi connectivity index (χ2n) is 6.10. The van der Waals surface area contributed by atoms with Crippen molar-refractivity contribution < 1.29 is 15.7 Å². The van der Waals surface area contributed by atoms with Crippen LogP contribution in [0.3, 0.4) is 0 Å². The van der Waals surface area contributed by atoms with Gasteiger partial charge in [0.05, 0.1) is 0 Å². The summed E-state index contributed by atoms with van der Waals surface area (Å²) in [5.74, 6) is -1.10. The molecule has 5 heteroatoms. The van der Waals surface area contributed by atoms with E-state index in [2.05, 4.69) is 13.8 Å². The summed E-state index contributed by atoms with van der Waals surface area (Å²) in [6.07, 6.45) is 9.40. The van der Waals surface area contributed by atoms with Crippen molar-refractivity contribution in [2.45, 2.75) is 61.2 Å². The van der Waals surface area contributed by atoms with Crippen LogP contribution in [0, 0.1) is 11.8 Å². The maximum absolute atomic E-state index is 12.5. The van der Waals surface area contributed by atoms with Crippen LogP contribution in [0.4, 0.5) is 0 Å². The molecule has 0 aromatic rings. The van der Waals surface area contributed by atoms with Gasteiger partial charge >= 0.3 is 132 Å². The third-order valence-corrected chi connectivity index (χ3v) is 14.0. The Bertz CT molecular complexity index is 411. The van der Waals surface area contributed by atoms with Gasteiger partial charge in [0.2, 0.25) is 0 Å². The van der Waals surface area contributed by atoms with Gasteiger partial charge in [-0.25, -0.2) is 0 Å². The van der Waals surface area contributed by atoms with Crippen LogP contribution in [-0.2, 0) is 15.7 Å². The van der Waals surface area contributed by atoms with Crippen molar-refractivity contribution in [3.05, 3.63) is 12.2 Å². The van der Waals surface area contributed by atoms with Gasteiger partial charge in [0, 0.05) is 0 Å². The summed E-state index contributed by atoms with van der Waals surface area (Å²) in [5, 5.41) is 0. The molecule has 2 aliphatic rings. The van der Waals surface area contributed by atoms with Gasteiger partial charge in [-0.05, 0) is 0 Å². The van der Waals surface area contributed by atoms with E-state index >= 15 is 0 Å². The van der Waals surface area contributed by atoms with Crippen LogP contribution in [0.2, 0.25) is 8.87 Å². The van der Waals surface area contributed by atoms with Crippen molar-refractivity contribution in [1.82, 2.24) is 0 Å². The minimum absolute atomic E-state index is 0.168. The minimum atomic E-state index is -3.59. The molecule has 1 heterocycles. The molecule has 1 saturated heterocycles. The van der Waals surface area contributed by atoms with Gasteiger partial charge in [-0.3, -0.25) is 0 Å². The molecule has 2 unspecified atom stereocenters. The Morgan fingerprint density at radius 3 is 2.33 bits per heavy atom. The van der Waals surface area contributed by atoms with E-state index in [1.807, 2.05) is 12.2 Å². The van der Waals surface area contributed by atoms with E-state index in [1.54, 1.807) is 0 Å². The van der Waals surface area contributed by atoms with Crippen LogP contribution in [0.15, 0.2) is 12.2 Å². The summed E-state index contributed by atoms with van der Waals surface area (Å²) in [6, 6.07) is 0. The second-order valence-corrected chi connectivity index (χ2v) is 15.3. The zero-order valence-electron chi connectivity index (χ0n) is 13.1. The molecule has 1 fully saturated rings. The average Bonchev–Trinajstić information content (AvgIpc) is 2.60. The first-order valence-corrected chi connectivity index (χ1v) is 14.6. The number of carbonyl (C=O) groups excluding carboxylic acids is 2. The Labute approximate surface area is 132 Å². The maximum atomic E-state index is 12.5. The molecule has 0 radical (unpaired) electrons. The Morgan fingerprint density at radius 2 is 1.71 bits per heavy atom. The molecule has 0 spiro atoms. The molecule has 0 aromatic heterocycles. The molecule has 2 atom stereocenters. The van der Waals surface area contributed by atoms with Gasteiger partial charge in [0.1, 0.15) is 0 Å². The average molecular weight is 401 g/mol. The summed E-state index contributed by atoms with van der Waals surface area (Å²) < 4.78 is 13.5. The summed E-state index contributed by atoms with van der Waals surface area (Å²) in [5.41, 5.74) is 0. The molecule has 2 rings (SSSR count). The molecule has 1 aliphatic heterocycles. The SMILES string of the molecule is CCC[CH2][Sn]1([CH2]CCC)[O]C(=O)C2C=CCCC2C(=O)[O]1. The molecule has 0 N–H and O–H groups in total. The van der Waals surface area contributed by atoms with Gasteiger partial charge in [0.25, 0.3) is 0 Å². The molecular formula is C16H26O4Sn. The topological polar surface area (TPSA) is 52.6 Å². The predicted octanol–water partition coefficient (Wildman–Crippen LogP) is 3.71. The quantitative estimate of drug-likeness (QED) is 0.503. The fraction of sp³-hybridized carbons (Fsp3) is 0.750. The standard InChI is InChI=1S/C8H10O4.2C4H9.Sn/c9-7(10)5-3-1-2-4-6(5)8(11)12;2*1-3-4-2;/h1,3,5-6H,2,4H2,(H,9,10)(H,11,12);2*1,3-4H2,2H3;/q;;;+2/p-2. The number of fused-ring (bicyclic) bond motifs is 1. The van der Waals surface area contributed by atoms with E-state index in [-0.39, 0.29) is 17.9 Å². The van der Waals surface area contributed by atoms with Crippen LogP contribution in [-0.4, -0.2) is 31.1 Å². The van der Waals surface area contributed by atoms with Crippen LogP contribution in [0.5, 0.6) is 0 Å². The fourth-order valence-corrected chi connectivity index (χ4v) is 13.1. The van der Waals surface area contributed by atoms with Gasteiger partial charge in [-0.2, -0.15) is 0 Å². The van der Waals surface area contributed by atoms with E-state index in [9.17, 15) is 9.59 Å². The van der Waals surface area contributed by atoms with Gasteiger partial charge in [-0.1, -0.05) is 0 Å². The molecule has 0 saturated carbocycles. The van der Waals surface area contributed by atoms with Gasteiger partial charge in [-0.15, -0.1) is 0 Å². The zero-order chi connectivity index (χ0) is 15.3. The van der Waals surface area contributed by atoms with Crippen LogP contribution >= 0.6 is 0 Å². The van der Waals surface area contributed by atoms with E-state index < -0.39 is 25.1 Å². The number of unbranched alkanes of at least 4 members (excludes halogenated alkanes) is 2. The van der Waals surface area contributed by atoms with E-state index in [1.165, 1.54) is 0 Å². The molecule has 0 aromatic carbocycles. The number of allylic oxidation sites excluding steroid dienone is 1. The summed E-state index contributed by atoms with van der Waals surface area (Å²) in [6.45, 7) is 4.23. The number of hydrogen-bond acceptors (Lipinski definition) is 4. The third kappa shape index (κ3) is 4.02. The Hall–Kier alpha value is -0.521. The Balaban J connectivity index is 2.22. The summed E-state index contributed by atoms with van der Waals surface area (Å²) in [7, 11) is 0. The molecule has 0 amide bonds. The molecular weight excluding hydrogens is 375 g/mol. The monoisotopic (exact) mass is 402 g/mol. The summed E-state index contributed by atoms with van der Waals surface area (Å²) >= 11 is -3.59. The normalized spacial score (nSPS) is 27.5. The first-order chi connectivity index (χ1) is 10.1. The van der Waals surface area contributed by atoms with Crippen LogP contribution in [0.25, 0.3) is 0 Å².